The molecule has 166 valence electrons. The third-order valence-corrected chi connectivity index (χ3v) is 6.78. The highest BCUT2D eigenvalue weighted by atomic mass is 32.1. The van der Waals surface area contributed by atoms with Crippen LogP contribution in [0.4, 0.5) is 0 Å². The average molecular weight is 453 g/mol. The Morgan fingerprint density at radius 3 is 2.21 bits per heavy atom. The highest BCUT2D eigenvalue weighted by Crippen LogP contribution is 2.22. The van der Waals surface area contributed by atoms with Crippen LogP contribution in [0.1, 0.15) is 16.7 Å². The number of ether oxygens (including phenoxy) is 1. The average Bonchev–Trinajstić information content (AvgIpc) is 2.88. The van der Waals surface area contributed by atoms with Crippen LogP contribution in [0.15, 0.2) is 97.1 Å². The lowest BCUT2D eigenvalue weighted by atomic mass is 10.1. The smallest absolute Gasteiger partial charge is 0.119 e. The van der Waals surface area contributed by atoms with Gasteiger partial charge < -0.3 is 9.64 Å². The minimum atomic E-state index is 0.550. The van der Waals surface area contributed by atoms with Gasteiger partial charge in [0.25, 0.3) is 0 Å². The largest absolute Gasteiger partial charge is 0.489 e. The summed E-state index contributed by atoms with van der Waals surface area (Å²) in [5.74, 6) is 0.863. The van der Waals surface area contributed by atoms with E-state index in [0.29, 0.717) is 6.61 Å². The molecule has 1 heterocycles. The number of hydrogen-bond donors (Lipinski definition) is 0. The first-order valence-corrected chi connectivity index (χ1v) is 11.9. The normalized spacial score (nSPS) is 14.4. The number of fused-ring (bicyclic) bond motifs is 1. The van der Waals surface area contributed by atoms with Crippen molar-refractivity contribution in [1.29, 1.82) is 0 Å². The molecule has 5 rings (SSSR count). The van der Waals surface area contributed by atoms with Crippen molar-refractivity contribution in [1.82, 2.24) is 9.80 Å². The quantitative estimate of drug-likeness (QED) is 0.338. The molecule has 0 spiro atoms. The molecule has 3 nitrogen and oxygen atoms in total. The van der Waals surface area contributed by atoms with Crippen molar-refractivity contribution in [3.63, 3.8) is 0 Å². The Hall–Kier alpha value is -3.21. The fourth-order valence-electron chi connectivity index (χ4n) is 4.41. The van der Waals surface area contributed by atoms with Gasteiger partial charge in [0.1, 0.15) is 17.3 Å². The van der Waals surface area contributed by atoms with Gasteiger partial charge in [0, 0.05) is 38.3 Å². The van der Waals surface area contributed by atoms with Crippen LogP contribution in [-0.4, -0.2) is 41.0 Å². The van der Waals surface area contributed by atoms with Gasteiger partial charge in [-0.15, -0.1) is 0 Å². The van der Waals surface area contributed by atoms with Gasteiger partial charge in [0.05, 0.1) is 0 Å². The van der Waals surface area contributed by atoms with Crippen LogP contribution in [-0.2, 0) is 13.2 Å². The van der Waals surface area contributed by atoms with Crippen molar-refractivity contribution in [3.8, 4) is 5.75 Å². The summed E-state index contributed by atoms with van der Waals surface area (Å²) in [5, 5.41) is 2.48. The lowest BCUT2D eigenvalue weighted by Gasteiger charge is -2.36. The number of benzene rings is 4. The highest BCUT2D eigenvalue weighted by Gasteiger charge is 2.19. The predicted octanol–water partition coefficient (Wildman–Crippen LogP) is 5.91. The maximum atomic E-state index is 6.09. The number of nitrogens with zero attached hydrogens (tertiary/aromatic N) is 2. The molecule has 0 saturated carbocycles. The number of hydrogen-bond acceptors (Lipinski definition) is 3. The molecule has 4 aromatic carbocycles. The molecule has 0 aromatic heterocycles. The molecule has 4 heteroatoms. The second-order valence-electron chi connectivity index (χ2n) is 8.51. The van der Waals surface area contributed by atoms with Gasteiger partial charge in [-0.1, -0.05) is 85.0 Å². The van der Waals surface area contributed by atoms with Gasteiger partial charge >= 0.3 is 0 Å². The topological polar surface area (TPSA) is 15.7 Å². The Balaban J connectivity index is 1.15. The Kier molecular flexibility index (Phi) is 6.66. The zero-order valence-electron chi connectivity index (χ0n) is 18.7. The van der Waals surface area contributed by atoms with Crippen LogP contribution in [0.3, 0.4) is 0 Å². The van der Waals surface area contributed by atoms with E-state index in [2.05, 4.69) is 94.7 Å². The molecule has 0 atom stereocenters. The van der Waals surface area contributed by atoms with Crippen molar-refractivity contribution < 1.29 is 4.74 Å². The van der Waals surface area contributed by atoms with Crippen molar-refractivity contribution in [3.05, 3.63) is 114 Å². The van der Waals surface area contributed by atoms with Gasteiger partial charge in [-0.2, -0.15) is 0 Å². The molecule has 1 fully saturated rings. The second kappa shape index (κ2) is 10.2. The summed E-state index contributed by atoms with van der Waals surface area (Å²) < 4.78 is 6.09. The summed E-state index contributed by atoms with van der Waals surface area (Å²) in [5.41, 5.74) is 3.65. The van der Waals surface area contributed by atoms with Crippen molar-refractivity contribution in [2.24, 2.45) is 0 Å². The summed E-state index contributed by atoms with van der Waals surface area (Å²) in [4.78, 5) is 5.75. The highest BCUT2D eigenvalue weighted by molar-refractivity contribution is 7.80. The maximum Gasteiger partial charge on any atom is 0.119 e. The lowest BCUT2D eigenvalue weighted by molar-refractivity contribution is 0.177. The molecule has 4 aromatic rings. The summed E-state index contributed by atoms with van der Waals surface area (Å²) in [6.07, 6.45) is 0. The van der Waals surface area contributed by atoms with Crippen LogP contribution in [0, 0.1) is 0 Å². The zero-order valence-corrected chi connectivity index (χ0v) is 19.5. The standard InChI is InChI=1S/C29H28N2OS/c33-29(31-19-17-30(18-20-31)21-23-7-2-1-3-8-23)25-13-15-27(16-14-25)32-22-26-11-6-10-24-9-4-5-12-28(24)26/h1-16H,17-22H2. The first kappa shape index (κ1) is 21.6. The lowest BCUT2D eigenvalue weighted by Crippen LogP contribution is -2.47. The van der Waals surface area contributed by atoms with Crippen LogP contribution >= 0.6 is 12.2 Å². The van der Waals surface area contributed by atoms with Crippen molar-refractivity contribution >= 4 is 28.0 Å². The molecular formula is C29H28N2OS. The Morgan fingerprint density at radius 2 is 1.42 bits per heavy atom. The van der Waals surface area contributed by atoms with E-state index in [1.165, 1.54) is 21.9 Å². The van der Waals surface area contributed by atoms with Gasteiger partial charge in [0.15, 0.2) is 0 Å². The van der Waals surface area contributed by atoms with Gasteiger partial charge in [-0.3, -0.25) is 4.90 Å². The third-order valence-electron chi connectivity index (χ3n) is 6.28. The molecule has 0 N–H and O–H groups in total. The van der Waals surface area contributed by atoms with Gasteiger partial charge in [-0.05, 0) is 46.2 Å². The summed E-state index contributed by atoms with van der Waals surface area (Å²) in [7, 11) is 0. The van der Waals surface area contributed by atoms with E-state index in [1.54, 1.807) is 0 Å². The minimum absolute atomic E-state index is 0.550. The van der Waals surface area contributed by atoms with E-state index < -0.39 is 0 Å². The predicted molar refractivity (Wildman–Crippen MR) is 140 cm³/mol. The Labute approximate surface area is 201 Å². The molecule has 1 aliphatic heterocycles. The fraction of sp³-hybridized carbons (Fsp3) is 0.207. The Morgan fingerprint density at radius 1 is 0.727 bits per heavy atom. The molecule has 0 bridgehead atoms. The summed E-state index contributed by atoms with van der Waals surface area (Å²) >= 11 is 5.81. The Bertz CT molecular complexity index is 1210. The van der Waals surface area contributed by atoms with E-state index in [-0.39, 0.29) is 0 Å². The van der Waals surface area contributed by atoms with Gasteiger partial charge in [-0.25, -0.2) is 0 Å². The minimum Gasteiger partial charge on any atom is -0.489 e. The summed E-state index contributed by atoms with van der Waals surface area (Å²) in [6, 6.07) is 33.7. The number of thiocarbonyl (C=S) groups is 1. The van der Waals surface area contributed by atoms with E-state index in [9.17, 15) is 0 Å². The summed E-state index contributed by atoms with van der Waals surface area (Å²) in [6.45, 7) is 5.54. The second-order valence-corrected chi connectivity index (χ2v) is 8.89. The zero-order chi connectivity index (χ0) is 22.5. The molecular weight excluding hydrogens is 424 g/mol. The molecule has 0 amide bonds. The maximum absolute atomic E-state index is 6.09. The fourth-order valence-corrected chi connectivity index (χ4v) is 4.73. The monoisotopic (exact) mass is 452 g/mol. The van der Waals surface area contributed by atoms with Crippen LogP contribution in [0.2, 0.25) is 0 Å². The third kappa shape index (κ3) is 5.24. The molecule has 1 aliphatic rings. The first-order valence-electron chi connectivity index (χ1n) is 11.5. The molecule has 1 saturated heterocycles. The molecule has 0 unspecified atom stereocenters. The SMILES string of the molecule is S=C(c1ccc(OCc2cccc3ccccc23)cc1)N1CCN(Cc2ccccc2)CC1. The van der Waals surface area contributed by atoms with Crippen molar-refractivity contribution in [2.75, 3.05) is 26.2 Å². The van der Waals surface area contributed by atoms with E-state index >= 15 is 0 Å². The number of rotatable bonds is 6. The van der Waals surface area contributed by atoms with Crippen molar-refractivity contribution in [2.45, 2.75) is 13.2 Å². The van der Waals surface area contributed by atoms with E-state index in [0.717, 1.165) is 49.0 Å². The van der Waals surface area contributed by atoms with Gasteiger partial charge in [0.2, 0.25) is 0 Å². The molecule has 33 heavy (non-hydrogen) atoms. The van der Waals surface area contributed by atoms with E-state index in [4.69, 9.17) is 17.0 Å². The molecule has 0 radical (unpaired) electrons. The van der Waals surface area contributed by atoms with Crippen LogP contribution in [0.25, 0.3) is 10.8 Å². The first-order chi connectivity index (χ1) is 16.3. The molecule has 0 aliphatic carbocycles. The van der Waals surface area contributed by atoms with E-state index in [1.807, 2.05) is 12.1 Å². The number of piperazine rings is 1. The van der Waals surface area contributed by atoms with Crippen LogP contribution < -0.4 is 4.74 Å². The van der Waals surface area contributed by atoms with Crippen LogP contribution in [0.5, 0.6) is 5.75 Å².